The first-order valence-electron chi connectivity index (χ1n) is 15.5. The highest BCUT2D eigenvalue weighted by Crippen LogP contribution is 2.70. The first-order chi connectivity index (χ1) is 20.3. The van der Waals surface area contributed by atoms with Crippen molar-refractivity contribution in [1.29, 1.82) is 0 Å². The molecule has 0 unspecified atom stereocenters. The van der Waals surface area contributed by atoms with Crippen molar-refractivity contribution in [2.24, 2.45) is 22.7 Å². The van der Waals surface area contributed by atoms with Crippen molar-refractivity contribution < 1.29 is 49.0 Å². The smallest absolute Gasteiger partial charge is 0.335 e. The van der Waals surface area contributed by atoms with Crippen molar-refractivity contribution in [2.45, 2.75) is 120 Å². The number of esters is 1. The van der Waals surface area contributed by atoms with Gasteiger partial charge in [0.25, 0.3) is 0 Å². The number of hydrogen-bond acceptors (Lipinski definition) is 11. The molecular weight excluding hydrogens is 560 g/mol. The zero-order chi connectivity index (χ0) is 30.9. The summed E-state index contributed by atoms with van der Waals surface area (Å²) in [7, 11) is 0. The summed E-state index contributed by atoms with van der Waals surface area (Å²) in [6.45, 7) is 5.16. The Morgan fingerprint density at radius 1 is 1.02 bits per heavy atom. The van der Waals surface area contributed by atoms with Crippen LogP contribution in [0.15, 0.2) is 39.3 Å². The lowest BCUT2D eigenvalue weighted by Crippen LogP contribution is -2.63. The van der Waals surface area contributed by atoms with Crippen LogP contribution in [0.3, 0.4) is 0 Å². The summed E-state index contributed by atoms with van der Waals surface area (Å²) < 4.78 is 22.8. The van der Waals surface area contributed by atoms with E-state index in [1.54, 1.807) is 6.07 Å². The predicted octanol–water partition coefficient (Wildman–Crippen LogP) is 1.53. The molecule has 1 saturated heterocycles. The van der Waals surface area contributed by atoms with Crippen LogP contribution in [-0.4, -0.2) is 86.6 Å². The summed E-state index contributed by atoms with van der Waals surface area (Å²) in [4.78, 5) is 24.0. The van der Waals surface area contributed by atoms with Crippen molar-refractivity contribution in [3.63, 3.8) is 0 Å². The molecule has 3 saturated carbocycles. The third-order valence-corrected chi connectivity index (χ3v) is 11.8. The topological polar surface area (TPSA) is 176 Å². The molecule has 4 aliphatic carbocycles. The van der Waals surface area contributed by atoms with E-state index in [-0.39, 0.29) is 23.2 Å². The van der Waals surface area contributed by atoms with Gasteiger partial charge in [-0.15, -0.1) is 0 Å². The number of aliphatic hydroxyl groups is 5. The summed E-state index contributed by atoms with van der Waals surface area (Å²) in [5, 5.41) is 53.1. The molecule has 0 amide bonds. The van der Waals surface area contributed by atoms with Gasteiger partial charge in [-0.3, -0.25) is 4.79 Å². The standard InChI is InChI=1S/C32H44O11/c1-16(34)41-23-13-21-20(7-10-31(3)19(8-11-32(21,31)39)17-4-5-25(35)40-15-17)30(2)9-6-18(12-22(23)30)42-29-28(38)27(37)26(36)24(14-33)43-29/h4-5,12,15,18-21,23-24,26-29,33,36-39H,6-11,13-14H2,1-3H3/t18-,19+,20-,21+,23+,24-,26-,27+,28-,29-,30+,31+,32-/m0/s1. The molecule has 6 rings (SSSR count). The monoisotopic (exact) mass is 604 g/mol. The Hall–Kier alpha value is -2.12. The minimum absolute atomic E-state index is 0.0300. The largest absolute Gasteiger partial charge is 0.458 e. The van der Waals surface area contributed by atoms with Crippen molar-refractivity contribution in [3.8, 4) is 0 Å². The number of fused-ring (bicyclic) bond motifs is 5. The number of hydrogen-bond donors (Lipinski definition) is 5. The molecule has 11 heteroatoms. The maximum absolute atomic E-state index is 12.6. The second kappa shape index (κ2) is 11.0. The van der Waals surface area contributed by atoms with E-state index in [1.165, 1.54) is 19.3 Å². The van der Waals surface area contributed by atoms with Gasteiger partial charge in [0.2, 0.25) is 0 Å². The molecule has 1 aromatic heterocycles. The Balaban J connectivity index is 1.29. The summed E-state index contributed by atoms with van der Waals surface area (Å²) >= 11 is 0. The van der Waals surface area contributed by atoms with E-state index >= 15 is 0 Å². The number of rotatable bonds is 5. The fraction of sp³-hybridized carbons (Fsp3) is 0.750. The molecular formula is C32H44O11. The summed E-state index contributed by atoms with van der Waals surface area (Å²) in [5.74, 6) is -0.383. The molecule has 0 bridgehead atoms. The maximum Gasteiger partial charge on any atom is 0.335 e. The van der Waals surface area contributed by atoms with Gasteiger partial charge in [-0.1, -0.05) is 19.9 Å². The van der Waals surface area contributed by atoms with Gasteiger partial charge < -0.3 is 44.2 Å². The van der Waals surface area contributed by atoms with Gasteiger partial charge in [0, 0.05) is 18.4 Å². The lowest BCUT2D eigenvalue weighted by atomic mass is 9.44. The van der Waals surface area contributed by atoms with Crippen molar-refractivity contribution in [3.05, 3.63) is 46.0 Å². The number of ether oxygens (including phenoxy) is 3. The van der Waals surface area contributed by atoms with Gasteiger partial charge in [0.15, 0.2) is 6.29 Å². The third-order valence-electron chi connectivity index (χ3n) is 11.8. The zero-order valence-electron chi connectivity index (χ0n) is 24.9. The Bertz CT molecular complexity index is 1290. The van der Waals surface area contributed by atoms with E-state index in [0.29, 0.717) is 25.7 Å². The minimum Gasteiger partial charge on any atom is -0.458 e. The second-order valence-electron chi connectivity index (χ2n) is 13.9. The molecule has 11 nitrogen and oxygen atoms in total. The van der Waals surface area contributed by atoms with Gasteiger partial charge in [-0.25, -0.2) is 4.79 Å². The molecule has 0 radical (unpaired) electrons. The highest BCUT2D eigenvalue weighted by atomic mass is 16.7. The zero-order valence-corrected chi connectivity index (χ0v) is 24.9. The first kappa shape index (κ1) is 30.9. The molecule has 5 aliphatic rings. The molecule has 0 aromatic carbocycles. The predicted molar refractivity (Wildman–Crippen MR) is 150 cm³/mol. The molecule has 43 heavy (non-hydrogen) atoms. The van der Waals surface area contributed by atoms with Gasteiger partial charge in [-0.2, -0.15) is 0 Å². The first-order valence-corrected chi connectivity index (χ1v) is 15.5. The van der Waals surface area contributed by atoms with Crippen molar-refractivity contribution in [2.75, 3.05) is 6.61 Å². The van der Waals surface area contributed by atoms with Crippen LogP contribution in [0.2, 0.25) is 0 Å². The fourth-order valence-corrected chi connectivity index (χ4v) is 9.55. The van der Waals surface area contributed by atoms with E-state index in [0.717, 1.165) is 30.4 Å². The van der Waals surface area contributed by atoms with E-state index in [9.17, 15) is 35.1 Å². The van der Waals surface area contributed by atoms with Crippen LogP contribution in [0.4, 0.5) is 0 Å². The van der Waals surface area contributed by atoms with Gasteiger partial charge in [-0.05, 0) is 85.3 Å². The Morgan fingerprint density at radius 3 is 2.47 bits per heavy atom. The highest BCUT2D eigenvalue weighted by molar-refractivity contribution is 5.66. The summed E-state index contributed by atoms with van der Waals surface area (Å²) in [6.07, 6.45) is 0.212. The van der Waals surface area contributed by atoms with Crippen LogP contribution in [0.1, 0.15) is 77.2 Å². The van der Waals surface area contributed by atoms with E-state index < -0.39 is 72.1 Å². The molecule has 4 fully saturated rings. The SMILES string of the molecule is CC(=O)O[C@@H]1C[C@@H]2[C@H](CC[C@]3(C)[C@@H](c4ccc(=O)oc4)CC[C@]23O)[C@@]2(C)CC[C@H](O[C@H]3O[C@@H](CO)[C@H](O)[C@@H](O)[C@@H]3O)C=C12. The van der Waals surface area contributed by atoms with Crippen LogP contribution in [0.5, 0.6) is 0 Å². The average Bonchev–Trinajstić information content (AvgIpc) is 3.25. The molecule has 5 N–H and O–H groups in total. The number of aliphatic hydroxyl groups excluding tert-OH is 4. The molecule has 238 valence electrons. The third kappa shape index (κ3) is 4.83. The Labute approximate surface area is 250 Å². The van der Waals surface area contributed by atoms with Crippen LogP contribution >= 0.6 is 0 Å². The fourth-order valence-electron chi connectivity index (χ4n) is 9.55. The lowest BCUT2D eigenvalue weighted by Gasteiger charge is -2.63. The van der Waals surface area contributed by atoms with Crippen LogP contribution in [0.25, 0.3) is 0 Å². The van der Waals surface area contributed by atoms with Crippen LogP contribution in [0, 0.1) is 22.7 Å². The quantitative estimate of drug-likeness (QED) is 0.243. The Kier molecular flexibility index (Phi) is 7.93. The number of carbonyl (C=O) groups is 1. The summed E-state index contributed by atoms with van der Waals surface area (Å²) in [6, 6.07) is 3.24. The van der Waals surface area contributed by atoms with Crippen LogP contribution in [-0.2, 0) is 19.0 Å². The molecule has 13 atom stereocenters. The molecule has 2 heterocycles. The Morgan fingerprint density at radius 2 is 1.79 bits per heavy atom. The van der Waals surface area contributed by atoms with Gasteiger partial charge >= 0.3 is 11.6 Å². The van der Waals surface area contributed by atoms with Crippen molar-refractivity contribution >= 4 is 5.97 Å². The molecule has 1 aromatic rings. The van der Waals surface area contributed by atoms with Gasteiger partial charge in [0.1, 0.15) is 30.5 Å². The highest BCUT2D eigenvalue weighted by Gasteiger charge is 2.68. The van der Waals surface area contributed by atoms with Crippen LogP contribution < -0.4 is 5.63 Å². The van der Waals surface area contributed by atoms with E-state index in [4.69, 9.17) is 18.6 Å². The lowest BCUT2D eigenvalue weighted by molar-refractivity contribution is -0.309. The van der Waals surface area contributed by atoms with Crippen molar-refractivity contribution in [1.82, 2.24) is 0 Å². The second-order valence-corrected chi connectivity index (χ2v) is 13.9. The van der Waals surface area contributed by atoms with E-state index in [2.05, 4.69) is 13.8 Å². The van der Waals surface area contributed by atoms with E-state index in [1.807, 2.05) is 6.08 Å². The minimum atomic E-state index is -1.54. The van der Waals surface area contributed by atoms with Gasteiger partial charge in [0.05, 0.1) is 24.6 Å². The number of carbonyl (C=O) groups excluding carboxylic acids is 1. The molecule has 0 spiro atoms. The average molecular weight is 605 g/mol. The summed E-state index contributed by atoms with van der Waals surface area (Å²) in [5.41, 5.74) is -0.394. The normalized spacial score (nSPS) is 47.6. The molecule has 1 aliphatic heterocycles. The maximum atomic E-state index is 12.6.